The molecule has 13 heavy (non-hydrogen) atoms. The fourth-order valence-corrected chi connectivity index (χ4v) is 1.17. The Morgan fingerprint density at radius 1 is 1.54 bits per heavy atom. The average Bonchev–Trinajstić information content (AvgIpc) is 2.08. The summed E-state index contributed by atoms with van der Waals surface area (Å²) in [6.45, 7) is 1.85. The van der Waals surface area contributed by atoms with E-state index >= 15 is 0 Å². The molecule has 1 atom stereocenters. The normalized spacial score (nSPS) is 12.6. The smallest absolute Gasteiger partial charge is 0.130 e. The van der Waals surface area contributed by atoms with Crippen LogP contribution in [0.5, 0.6) is 5.75 Å². The lowest BCUT2D eigenvalue weighted by molar-refractivity contribution is 0.410. The van der Waals surface area contributed by atoms with E-state index in [-0.39, 0.29) is 11.9 Å². The summed E-state index contributed by atoms with van der Waals surface area (Å²) >= 11 is 0. The second kappa shape index (κ2) is 4.23. The zero-order valence-electron chi connectivity index (χ0n) is 7.88. The van der Waals surface area contributed by atoms with Crippen molar-refractivity contribution in [2.75, 3.05) is 7.11 Å². The number of methoxy groups -OCH3 is 1. The van der Waals surface area contributed by atoms with Gasteiger partial charge in [0.2, 0.25) is 0 Å². The van der Waals surface area contributed by atoms with Gasteiger partial charge in [0.15, 0.2) is 0 Å². The van der Waals surface area contributed by atoms with E-state index in [0.717, 1.165) is 0 Å². The fourth-order valence-electron chi connectivity index (χ4n) is 1.17. The quantitative estimate of drug-likeness (QED) is 0.774. The molecule has 1 rings (SSSR count). The predicted octanol–water partition coefficient (Wildman–Crippen LogP) is 1.72. The Hall–Kier alpha value is -1.09. The van der Waals surface area contributed by atoms with Gasteiger partial charge in [-0.1, -0.05) is 6.07 Å². The number of ether oxygens (including phenoxy) is 1. The van der Waals surface area contributed by atoms with Crippen LogP contribution in [0.25, 0.3) is 0 Å². The van der Waals surface area contributed by atoms with Gasteiger partial charge in [0, 0.05) is 12.1 Å². The van der Waals surface area contributed by atoms with E-state index in [4.69, 9.17) is 10.5 Å². The highest BCUT2D eigenvalue weighted by molar-refractivity contribution is 5.29. The molecule has 3 heteroatoms. The van der Waals surface area contributed by atoms with Gasteiger partial charge >= 0.3 is 0 Å². The predicted molar refractivity (Wildman–Crippen MR) is 50.3 cm³/mol. The standard InChI is InChI=1S/C10H14FNO/c1-7(12)5-8-3-4-9(13-2)6-10(8)11/h3-4,6-7H,5,12H2,1-2H3. The maximum Gasteiger partial charge on any atom is 0.130 e. The van der Waals surface area contributed by atoms with Crippen molar-refractivity contribution in [3.8, 4) is 5.75 Å². The lowest BCUT2D eigenvalue weighted by Crippen LogP contribution is -2.18. The topological polar surface area (TPSA) is 35.2 Å². The zero-order valence-corrected chi connectivity index (χ0v) is 7.88. The van der Waals surface area contributed by atoms with E-state index in [0.29, 0.717) is 17.7 Å². The van der Waals surface area contributed by atoms with Crippen molar-refractivity contribution in [2.45, 2.75) is 19.4 Å². The Balaban J connectivity index is 2.85. The van der Waals surface area contributed by atoms with Gasteiger partial charge in [-0.25, -0.2) is 4.39 Å². The van der Waals surface area contributed by atoms with Crippen molar-refractivity contribution in [3.63, 3.8) is 0 Å². The Labute approximate surface area is 77.5 Å². The minimum Gasteiger partial charge on any atom is -0.497 e. The summed E-state index contributed by atoms with van der Waals surface area (Å²) in [5.74, 6) is 0.280. The van der Waals surface area contributed by atoms with Crippen molar-refractivity contribution in [1.29, 1.82) is 0 Å². The Bertz CT molecular complexity index is 286. The molecule has 0 aliphatic rings. The Morgan fingerprint density at radius 2 is 2.23 bits per heavy atom. The van der Waals surface area contributed by atoms with Crippen LogP contribution in [0.4, 0.5) is 4.39 Å². The molecule has 0 saturated heterocycles. The maximum absolute atomic E-state index is 13.3. The summed E-state index contributed by atoms with van der Waals surface area (Å²) < 4.78 is 18.1. The largest absolute Gasteiger partial charge is 0.497 e. The molecule has 0 aliphatic carbocycles. The highest BCUT2D eigenvalue weighted by Crippen LogP contribution is 2.16. The Kier molecular flexibility index (Phi) is 3.25. The molecule has 72 valence electrons. The molecule has 0 bridgehead atoms. The van der Waals surface area contributed by atoms with Crippen LogP contribution in [0.3, 0.4) is 0 Å². The number of hydrogen-bond acceptors (Lipinski definition) is 2. The highest BCUT2D eigenvalue weighted by Gasteiger charge is 2.05. The van der Waals surface area contributed by atoms with Crippen molar-refractivity contribution in [1.82, 2.24) is 0 Å². The molecule has 0 aromatic heterocycles. The van der Waals surface area contributed by atoms with Gasteiger partial charge in [-0.15, -0.1) is 0 Å². The zero-order chi connectivity index (χ0) is 9.84. The van der Waals surface area contributed by atoms with E-state index in [1.54, 1.807) is 12.1 Å². The third-order valence-electron chi connectivity index (χ3n) is 1.80. The number of nitrogens with two attached hydrogens (primary N) is 1. The van der Waals surface area contributed by atoms with Crippen molar-refractivity contribution >= 4 is 0 Å². The molecule has 2 nitrogen and oxygen atoms in total. The van der Waals surface area contributed by atoms with E-state index in [1.165, 1.54) is 13.2 Å². The first-order valence-electron chi connectivity index (χ1n) is 4.21. The summed E-state index contributed by atoms with van der Waals surface area (Å²) in [5, 5.41) is 0. The molecule has 0 amide bonds. The first-order chi connectivity index (χ1) is 6.13. The molecular formula is C10H14FNO. The summed E-state index contributed by atoms with van der Waals surface area (Å²) in [4.78, 5) is 0. The first-order valence-corrected chi connectivity index (χ1v) is 4.21. The molecule has 2 N–H and O–H groups in total. The fraction of sp³-hybridized carbons (Fsp3) is 0.400. The van der Waals surface area contributed by atoms with Crippen LogP contribution in [-0.4, -0.2) is 13.2 Å². The molecule has 1 aromatic carbocycles. The van der Waals surface area contributed by atoms with Gasteiger partial charge in [-0.3, -0.25) is 0 Å². The molecule has 0 radical (unpaired) electrons. The third-order valence-corrected chi connectivity index (χ3v) is 1.80. The van der Waals surface area contributed by atoms with Crippen molar-refractivity contribution in [3.05, 3.63) is 29.6 Å². The molecule has 1 aromatic rings. The summed E-state index contributed by atoms with van der Waals surface area (Å²) in [6.07, 6.45) is 0.551. The molecule has 1 unspecified atom stereocenters. The number of halogens is 1. The minimum atomic E-state index is -0.253. The van der Waals surface area contributed by atoms with Gasteiger partial charge < -0.3 is 10.5 Å². The minimum absolute atomic E-state index is 0.0251. The van der Waals surface area contributed by atoms with Gasteiger partial charge in [-0.05, 0) is 25.0 Å². The number of rotatable bonds is 3. The van der Waals surface area contributed by atoms with Crippen molar-refractivity contribution in [2.24, 2.45) is 5.73 Å². The molecule has 0 heterocycles. The van der Waals surface area contributed by atoms with E-state index in [1.807, 2.05) is 6.92 Å². The molecule has 0 saturated carbocycles. The lowest BCUT2D eigenvalue weighted by atomic mass is 10.1. The monoisotopic (exact) mass is 183 g/mol. The van der Waals surface area contributed by atoms with Crippen LogP contribution in [-0.2, 0) is 6.42 Å². The third kappa shape index (κ3) is 2.70. The SMILES string of the molecule is COc1ccc(CC(C)N)c(F)c1. The van der Waals surface area contributed by atoms with E-state index in [9.17, 15) is 4.39 Å². The maximum atomic E-state index is 13.3. The number of hydrogen-bond donors (Lipinski definition) is 1. The van der Waals surface area contributed by atoms with E-state index < -0.39 is 0 Å². The highest BCUT2D eigenvalue weighted by atomic mass is 19.1. The van der Waals surface area contributed by atoms with Gasteiger partial charge in [0.25, 0.3) is 0 Å². The molecule has 0 fully saturated rings. The summed E-state index contributed by atoms with van der Waals surface area (Å²) in [7, 11) is 1.51. The Morgan fingerprint density at radius 3 is 2.69 bits per heavy atom. The molecular weight excluding hydrogens is 169 g/mol. The van der Waals surface area contributed by atoms with Crippen LogP contribution in [0.1, 0.15) is 12.5 Å². The second-order valence-corrected chi connectivity index (χ2v) is 3.14. The van der Waals surface area contributed by atoms with Gasteiger partial charge in [0.05, 0.1) is 7.11 Å². The van der Waals surface area contributed by atoms with Crippen molar-refractivity contribution < 1.29 is 9.13 Å². The van der Waals surface area contributed by atoms with Crippen LogP contribution < -0.4 is 10.5 Å². The number of benzene rings is 1. The average molecular weight is 183 g/mol. The first kappa shape index (κ1) is 9.99. The van der Waals surface area contributed by atoms with Crippen LogP contribution >= 0.6 is 0 Å². The van der Waals surface area contributed by atoms with Crippen LogP contribution in [0.15, 0.2) is 18.2 Å². The molecule has 0 aliphatic heterocycles. The second-order valence-electron chi connectivity index (χ2n) is 3.14. The van der Waals surface area contributed by atoms with Crippen LogP contribution in [0.2, 0.25) is 0 Å². The van der Waals surface area contributed by atoms with Crippen LogP contribution in [0, 0.1) is 5.82 Å². The van der Waals surface area contributed by atoms with Gasteiger partial charge in [-0.2, -0.15) is 0 Å². The molecule has 0 spiro atoms. The summed E-state index contributed by atoms with van der Waals surface area (Å²) in [6, 6.07) is 4.79. The summed E-state index contributed by atoms with van der Waals surface area (Å²) in [5.41, 5.74) is 6.20. The van der Waals surface area contributed by atoms with E-state index in [2.05, 4.69) is 0 Å². The lowest BCUT2D eigenvalue weighted by Gasteiger charge is -2.07. The van der Waals surface area contributed by atoms with Gasteiger partial charge in [0.1, 0.15) is 11.6 Å².